The van der Waals surface area contributed by atoms with Crippen LogP contribution in [-0.4, -0.2) is 23.0 Å². The summed E-state index contributed by atoms with van der Waals surface area (Å²) in [6.07, 6.45) is -4.54. The number of amides is 1. The van der Waals surface area contributed by atoms with Crippen LogP contribution in [0, 0.1) is 0 Å². The van der Waals surface area contributed by atoms with Crippen molar-refractivity contribution < 1.29 is 27.9 Å². The number of nitrogens with one attached hydrogen (secondary N) is 1. The predicted octanol–water partition coefficient (Wildman–Crippen LogP) is 2.78. The van der Waals surface area contributed by atoms with E-state index in [1.54, 1.807) is 6.92 Å². The van der Waals surface area contributed by atoms with Crippen molar-refractivity contribution in [2.45, 2.75) is 32.0 Å². The number of hydrogen-bond donors (Lipinski definition) is 2. The fourth-order valence-corrected chi connectivity index (χ4v) is 1.79. The summed E-state index contributed by atoms with van der Waals surface area (Å²) >= 11 is 0. The number of rotatable bonds is 6. The first-order valence-corrected chi connectivity index (χ1v) is 6.42. The van der Waals surface area contributed by atoms with Crippen LogP contribution in [0.1, 0.15) is 24.5 Å². The number of carbonyl (C=O) groups excluding carboxylic acids is 1. The van der Waals surface area contributed by atoms with E-state index in [1.807, 2.05) is 0 Å². The topological polar surface area (TPSA) is 66.4 Å². The second kappa shape index (κ2) is 7.11. The minimum Gasteiger partial charge on any atom is -0.480 e. The van der Waals surface area contributed by atoms with Crippen molar-refractivity contribution in [3.8, 4) is 0 Å². The largest absolute Gasteiger partial charge is 0.480 e. The Bertz CT molecular complexity index is 564. The van der Waals surface area contributed by atoms with E-state index < -0.39 is 29.7 Å². The molecule has 1 rings (SSSR count). The third-order valence-electron chi connectivity index (χ3n) is 2.83. The number of carboxylic acids is 1. The van der Waals surface area contributed by atoms with Gasteiger partial charge in [-0.2, -0.15) is 13.2 Å². The van der Waals surface area contributed by atoms with E-state index in [4.69, 9.17) is 5.11 Å². The van der Waals surface area contributed by atoms with Crippen LogP contribution in [0.4, 0.5) is 13.2 Å². The molecule has 1 aromatic carbocycles. The summed E-state index contributed by atoms with van der Waals surface area (Å²) in [5.74, 6) is -1.77. The van der Waals surface area contributed by atoms with Crippen LogP contribution in [0.3, 0.4) is 0 Å². The van der Waals surface area contributed by atoms with Gasteiger partial charge in [0.1, 0.15) is 6.04 Å². The predicted molar refractivity (Wildman–Crippen MR) is 74.1 cm³/mol. The van der Waals surface area contributed by atoms with Crippen LogP contribution < -0.4 is 5.32 Å². The minimum absolute atomic E-state index is 0.0914. The maximum absolute atomic E-state index is 12.4. The molecule has 0 aromatic heterocycles. The molecule has 0 bridgehead atoms. The molecular formula is C15H16F3NO3. The second-order valence-corrected chi connectivity index (χ2v) is 4.99. The highest BCUT2D eigenvalue weighted by Crippen LogP contribution is 2.29. The normalized spacial score (nSPS) is 12.5. The van der Waals surface area contributed by atoms with Crippen molar-refractivity contribution in [3.05, 3.63) is 47.5 Å². The van der Waals surface area contributed by atoms with E-state index in [0.29, 0.717) is 11.1 Å². The molecule has 1 aromatic rings. The maximum Gasteiger partial charge on any atom is 0.416 e. The van der Waals surface area contributed by atoms with Gasteiger partial charge in [-0.25, -0.2) is 4.79 Å². The standard InChI is InChI=1S/C15H16F3NO3/c1-9(2)7-12(14(21)22)19-13(20)8-10-3-5-11(6-4-10)15(16,17)18/h3-6,12H,1,7-8H2,2H3,(H,19,20)(H,21,22)/t12-/m0/s1. The summed E-state index contributed by atoms with van der Waals surface area (Å²) < 4.78 is 37.2. The fraction of sp³-hybridized carbons (Fsp3) is 0.333. The average molecular weight is 315 g/mol. The van der Waals surface area contributed by atoms with E-state index in [9.17, 15) is 22.8 Å². The molecule has 0 unspecified atom stereocenters. The molecular weight excluding hydrogens is 299 g/mol. The Balaban J connectivity index is 2.68. The molecule has 22 heavy (non-hydrogen) atoms. The van der Waals surface area contributed by atoms with Crippen LogP contribution in [0.5, 0.6) is 0 Å². The number of benzene rings is 1. The lowest BCUT2D eigenvalue weighted by Crippen LogP contribution is -2.41. The lowest BCUT2D eigenvalue weighted by atomic mass is 10.1. The molecule has 0 heterocycles. The van der Waals surface area contributed by atoms with E-state index in [2.05, 4.69) is 11.9 Å². The second-order valence-electron chi connectivity index (χ2n) is 4.99. The van der Waals surface area contributed by atoms with Gasteiger partial charge < -0.3 is 10.4 Å². The van der Waals surface area contributed by atoms with Crippen molar-refractivity contribution in [2.75, 3.05) is 0 Å². The molecule has 0 aliphatic rings. The van der Waals surface area contributed by atoms with E-state index in [1.165, 1.54) is 12.1 Å². The van der Waals surface area contributed by atoms with Crippen LogP contribution in [0.15, 0.2) is 36.4 Å². The molecule has 0 radical (unpaired) electrons. The Hall–Kier alpha value is -2.31. The van der Waals surface area contributed by atoms with Gasteiger partial charge in [0.2, 0.25) is 5.91 Å². The summed E-state index contributed by atoms with van der Waals surface area (Å²) in [6.45, 7) is 5.22. The first kappa shape index (κ1) is 17.7. The van der Waals surface area contributed by atoms with Gasteiger partial charge in [0.15, 0.2) is 0 Å². The number of alkyl halides is 3. The molecule has 0 saturated carbocycles. The number of aliphatic carboxylic acids is 1. The van der Waals surface area contributed by atoms with Crippen LogP contribution in [0.25, 0.3) is 0 Å². The maximum atomic E-state index is 12.4. The minimum atomic E-state index is -4.43. The third-order valence-corrected chi connectivity index (χ3v) is 2.83. The summed E-state index contributed by atoms with van der Waals surface area (Å²) in [7, 11) is 0. The van der Waals surface area contributed by atoms with E-state index in [-0.39, 0.29) is 12.8 Å². The van der Waals surface area contributed by atoms with Gasteiger partial charge in [0.05, 0.1) is 12.0 Å². The molecule has 0 fully saturated rings. The van der Waals surface area contributed by atoms with Crippen molar-refractivity contribution in [1.82, 2.24) is 5.32 Å². The number of hydrogen-bond acceptors (Lipinski definition) is 2. The van der Waals surface area contributed by atoms with Gasteiger partial charge in [0.25, 0.3) is 0 Å². The van der Waals surface area contributed by atoms with Gasteiger partial charge >= 0.3 is 12.1 Å². The third kappa shape index (κ3) is 5.59. The zero-order valence-corrected chi connectivity index (χ0v) is 11.9. The Morgan fingerprint density at radius 2 is 1.82 bits per heavy atom. The Morgan fingerprint density at radius 1 is 1.27 bits per heavy atom. The molecule has 120 valence electrons. The van der Waals surface area contributed by atoms with E-state index in [0.717, 1.165) is 12.1 Å². The summed E-state index contributed by atoms with van der Waals surface area (Å²) in [4.78, 5) is 22.8. The fourth-order valence-electron chi connectivity index (χ4n) is 1.79. The van der Waals surface area contributed by atoms with Gasteiger partial charge in [-0.05, 0) is 31.0 Å². The molecule has 0 spiro atoms. The molecule has 1 atom stereocenters. The first-order chi connectivity index (χ1) is 10.1. The van der Waals surface area contributed by atoms with Gasteiger partial charge in [0, 0.05) is 0 Å². The molecule has 2 N–H and O–H groups in total. The van der Waals surface area contributed by atoms with Crippen molar-refractivity contribution in [2.24, 2.45) is 0 Å². The van der Waals surface area contributed by atoms with Crippen molar-refractivity contribution >= 4 is 11.9 Å². The van der Waals surface area contributed by atoms with Crippen molar-refractivity contribution in [3.63, 3.8) is 0 Å². The number of halogens is 3. The molecule has 0 aliphatic carbocycles. The summed E-state index contributed by atoms with van der Waals surface area (Å²) in [5.41, 5.74) is 0.162. The summed E-state index contributed by atoms with van der Waals surface area (Å²) in [5, 5.41) is 11.3. The quantitative estimate of drug-likeness (QED) is 0.793. The summed E-state index contributed by atoms with van der Waals surface area (Å²) in [6, 6.07) is 3.05. The van der Waals surface area contributed by atoms with Gasteiger partial charge in [-0.1, -0.05) is 17.7 Å². The monoisotopic (exact) mass is 315 g/mol. The average Bonchev–Trinajstić information content (AvgIpc) is 2.36. The highest BCUT2D eigenvalue weighted by atomic mass is 19.4. The molecule has 0 aliphatic heterocycles. The smallest absolute Gasteiger partial charge is 0.416 e. The Kier molecular flexibility index (Phi) is 5.73. The highest BCUT2D eigenvalue weighted by molar-refractivity contribution is 5.85. The van der Waals surface area contributed by atoms with Gasteiger partial charge in [-0.3, -0.25) is 4.79 Å². The first-order valence-electron chi connectivity index (χ1n) is 6.42. The number of carbonyl (C=O) groups is 2. The Labute approximate surface area is 125 Å². The zero-order chi connectivity index (χ0) is 16.9. The van der Waals surface area contributed by atoms with Crippen LogP contribution in [0.2, 0.25) is 0 Å². The Morgan fingerprint density at radius 3 is 2.23 bits per heavy atom. The lowest BCUT2D eigenvalue weighted by Gasteiger charge is -2.14. The number of carboxylic acid groups (broad SMARTS) is 1. The molecule has 0 saturated heterocycles. The van der Waals surface area contributed by atoms with Crippen LogP contribution in [-0.2, 0) is 22.2 Å². The zero-order valence-electron chi connectivity index (χ0n) is 11.9. The lowest BCUT2D eigenvalue weighted by molar-refractivity contribution is -0.141. The van der Waals surface area contributed by atoms with Crippen LogP contribution >= 0.6 is 0 Å². The molecule has 7 heteroatoms. The van der Waals surface area contributed by atoms with Crippen molar-refractivity contribution in [1.29, 1.82) is 0 Å². The molecule has 1 amide bonds. The van der Waals surface area contributed by atoms with E-state index >= 15 is 0 Å². The molecule has 4 nitrogen and oxygen atoms in total. The highest BCUT2D eigenvalue weighted by Gasteiger charge is 2.30. The van der Waals surface area contributed by atoms with Gasteiger partial charge in [-0.15, -0.1) is 6.58 Å². The SMILES string of the molecule is C=C(C)C[C@H](NC(=O)Cc1ccc(C(F)(F)F)cc1)C(=O)O.